The lowest BCUT2D eigenvalue weighted by atomic mass is 9.92. The minimum absolute atomic E-state index is 0.0980. The summed E-state index contributed by atoms with van der Waals surface area (Å²) in [6, 6.07) is 15.9. The van der Waals surface area contributed by atoms with Crippen LogP contribution >= 0.6 is 0 Å². The maximum absolute atomic E-state index is 14.5. The van der Waals surface area contributed by atoms with Crippen molar-refractivity contribution in [2.45, 2.75) is 6.42 Å². The fraction of sp³-hybridized carbons (Fsp3) is 0.250. The summed E-state index contributed by atoms with van der Waals surface area (Å²) in [6.07, 6.45) is 1.71. The number of aromatic nitrogens is 3. The highest BCUT2D eigenvalue weighted by Gasteiger charge is 2.27. The summed E-state index contributed by atoms with van der Waals surface area (Å²) in [5.41, 5.74) is 9.16. The Morgan fingerprint density at radius 2 is 1.89 bits per heavy atom. The van der Waals surface area contributed by atoms with Crippen LogP contribution in [0, 0.1) is 17.1 Å². The van der Waals surface area contributed by atoms with Gasteiger partial charge in [-0.05, 0) is 30.8 Å². The maximum Gasteiger partial charge on any atom is 0.255 e. The Bertz CT molecular complexity index is 1530. The summed E-state index contributed by atoms with van der Waals surface area (Å²) in [4.78, 5) is 31.0. The number of nitrogens with zero attached hydrogens (tertiary/aromatic N) is 6. The first-order chi connectivity index (χ1) is 18.5. The van der Waals surface area contributed by atoms with E-state index in [2.05, 4.69) is 20.2 Å². The molecule has 1 saturated heterocycles. The fourth-order valence-corrected chi connectivity index (χ4v) is 4.72. The fourth-order valence-electron chi connectivity index (χ4n) is 4.72. The lowest BCUT2D eigenvalue weighted by molar-refractivity contribution is 0.0666. The molecule has 0 unspecified atom stereocenters. The van der Waals surface area contributed by atoms with Crippen LogP contribution in [-0.4, -0.2) is 70.4 Å². The van der Waals surface area contributed by atoms with Crippen molar-refractivity contribution in [3.63, 3.8) is 0 Å². The van der Waals surface area contributed by atoms with E-state index in [9.17, 15) is 14.4 Å². The van der Waals surface area contributed by atoms with E-state index in [1.807, 2.05) is 48.3 Å². The normalized spacial score (nSPS) is 13.9. The molecule has 0 radical (unpaired) electrons. The number of hydrogen-bond acceptors (Lipinski definition) is 8. The molecule has 2 aromatic heterocycles. The molecule has 1 fully saturated rings. The van der Waals surface area contributed by atoms with Crippen molar-refractivity contribution in [2.24, 2.45) is 0 Å². The Labute approximate surface area is 219 Å². The van der Waals surface area contributed by atoms with Crippen molar-refractivity contribution in [1.29, 1.82) is 5.26 Å². The molecule has 0 spiro atoms. The van der Waals surface area contributed by atoms with Crippen LogP contribution in [0.1, 0.15) is 21.6 Å². The van der Waals surface area contributed by atoms with Gasteiger partial charge in [0.1, 0.15) is 35.4 Å². The van der Waals surface area contributed by atoms with E-state index >= 15 is 0 Å². The van der Waals surface area contributed by atoms with Gasteiger partial charge in [0.2, 0.25) is 0 Å². The Morgan fingerprint density at radius 3 is 2.63 bits per heavy atom. The number of nitrogens with one attached hydrogen (secondary N) is 1. The number of amides is 1. The molecule has 10 heteroatoms. The van der Waals surface area contributed by atoms with Gasteiger partial charge in [-0.1, -0.05) is 30.3 Å². The molecule has 0 atom stereocenters. The number of anilines is 2. The van der Waals surface area contributed by atoms with Crippen LogP contribution < -0.4 is 11.1 Å². The van der Waals surface area contributed by atoms with Crippen LogP contribution in [0.25, 0.3) is 22.0 Å². The molecular weight excluding hydrogens is 483 g/mol. The summed E-state index contributed by atoms with van der Waals surface area (Å²) in [5, 5.41) is 13.1. The Balaban J connectivity index is 1.61. The molecule has 3 N–H and O–H groups in total. The van der Waals surface area contributed by atoms with E-state index in [0.717, 1.165) is 18.7 Å². The Hall–Kier alpha value is -4.62. The van der Waals surface area contributed by atoms with Crippen molar-refractivity contribution >= 4 is 28.4 Å². The molecule has 38 heavy (non-hydrogen) atoms. The minimum atomic E-state index is -0.425. The quantitative estimate of drug-likeness (QED) is 0.405. The number of carbonyl (C=O) groups excluding carboxylic acids is 1. The standard InChI is InChI=1S/C28H27FN8O/c1-36-11-13-37(14-12-36)28(38)25-20-15-19(29)7-8-22(20)35-23(24(25)18-5-3-2-4-6-18)9-10-32-27-21(16-30)26(31)33-17-34-27/h2-8,15,17H,9-14H2,1H3,(H3,31,32,33,34). The molecule has 0 saturated carbocycles. The second kappa shape index (κ2) is 10.8. The highest BCUT2D eigenvalue weighted by atomic mass is 19.1. The number of nitrogen functional groups attached to an aromatic ring is 1. The van der Waals surface area contributed by atoms with Crippen LogP contribution in [0.5, 0.6) is 0 Å². The molecule has 0 aliphatic carbocycles. The number of hydrogen-bond donors (Lipinski definition) is 2. The van der Waals surface area contributed by atoms with Gasteiger partial charge < -0.3 is 20.9 Å². The van der Waals surface area contributed by atoms with Gasteiger partial charge in [-0.3, -0.25) is 9.78 Å². The third-order valence-corrected chi connectivity index (χ3v) is 6.73. The number of carbonyl (C=O) groups is 1. The second-order valence-electron chi connectivity index (χ2n) is 9.20. The molecule has 1 aliphatic heterocycles. The zero-order chi connectivity index (χ0) is 26.6. The SMILES string of the molecule is CN1CCN(C(=O)c2c(-c3ccccc3)c(CCNc3ncnc(N)c3C#N)nc3ccc(F)cc23)CC1. The number of rotatable bonds is 6. The number of nitrogens with two attached hydrogens (primary N) is 1. The van der Waals surface area contributed by atoms with Gasteiger partial charge in [-0.25, -0.2) is 14.4 Å². The number of fused-ring (bicyclic) bond motifs is 1. The van der Waals surface area contributed by atoms with Gasteiger partial charge in [0, 0.05) is 50.1 Å². The number of halogens is 1. The Morgan fingerprint density at radius 1 is 1.13 bits per heavy atom. The van der Waals surface area contributed by atoms with Crippen LogP contribution in [0.2, 0.25) is 0 Å². The number of benzene rings is 2. The number of pyridine rings is 1. The number of likely N-dealkylation sites (N-methyl/N-ethyl adjacent to an activating group) is 1. The van der Waals surface area contributed by atoms with E-state index in [-0.39, 0.29) is 17.3 Å². The first-order valence-corrected chi connectivity index (χ1v) is 12.4. The summed E-state index contributed by atoms with van der Waals surface area (Å²) in [7, 11) is 2.03. The minimum Gasteiger partial charge on any atom is -0.382 e. The molecular formula is C28H27FN8O. The second-order valence-corrected chi connectivity index (χ2v) is 9.20. The predicted octanol–water partition coefficient (Wildman–Crippen LogP) is 3.33. The van der Waals surface area contributed by atoms with E-state index in [1.165, 1.54) is 18.5 Å². The molecule has 192 valence electrons. The van der Waals surface area contributed by atoms with Gasteiger partial charge in [0.05, 0.1) is 16.8 Å². The summed E-state index contributed by atoms with van der Waals surface area (Å²) in [5.74, 6) is -0.135. The summed E-state index contributed by atoms with van der Waals surface area (Å²) < 4.78 is 14.5. The van der Waals surface area contributed by atoms with Gasteiger partial charge in [-0.2, -0.15) is 5.26 Å². The first-order valence-electron chi connectivity index (χ1n) is 12.4. The number of nitriles is 1. The van der Waals surface area contributed by atoms with Crippen molar-refractivity contribution in [3.05, 3.63) is 77.5 Å². The average molecular weight is 511 g/mol. The van der Waals surface area contributed by atoms with Crippen molar-refractivity contribution in [2.75, 3.05) is 50.8 Å². The van der Waals surface area contributed by atoms with Gasteiger partial charge in [0.25, 0.3) is 5.91 Å². The van der Waals surface area contributed by atoms with Crippen molar-refractivity contribution in [3.8, 4) is 17.2 Å². The zero-order valence-corrected chi connectivity index (χ0v) is 21.0. The van der Waals surface area contributed by atoms with Crippen LogP contribution in [0.3, 0.4) is 0 Å². The molecule has 4 aromatic rings. The highest BCUT2D eigenvalue weighted by molar-refractivity contribution is 6.12. The van der Waals surface area contributed by atoms with Gasteiger partial charge >= 0.3 is 0 Å². The van der Waals surface area contributed by atoms with E-state index < -0.39 is 5.82 Å². The monoisotopic (exact) mass is 510 g/mol. The molecule has 1 amide bonds. The van der Waals surface area contributed by atoms with Crippen LogP contribution in [-0.2, 0) is 6.42 Å². The van der Waals surface area contributed by atoms with E-state index in [1.54, 1.807) is 6.07 Å². The average Bonchev–Trinajstić information content (AvgIpc) is 2.93. The number of piperazine rings is 1. The van der Waals surface area contributed by atoms with Gasteiger partial charge in [-0.15, -0.1) is 0 Å². The Kier molecular flexibility index (Phi) is 7.11. The van der Waals surface area contributed by atoms with Crippen molar-refractivity contribution in [1.82, 2.24) is 24.8 Å². The third kappa shape index (κ3) is 4.96. The topological polar surface area (TPSA) is 124 Å². The summed E-state index contributed by atoms with van der Waals surface area (Å²) >= 11 is 0. The molecule has 1 aliphatic rings. The van der Waals surface area contributed by atoms with Gasteiger partial charge in [0.15, 0.2) is 0 Å². The molecule has 9 nitrogen and oxygen atoms in total. The van der Waals surface area contributed by atoms with Crippen molar-refractivity contribution < 1.29 is 9.18 Å². The van der Waals surface area contributed by atoms with Crippen LogP contribution in [0.4, 0.5) is 16.0 Å². The lowest BCUT2D eigenvalue weighted by Gasteiger charge is -2.33. The maximum atomic E-state index is 14.5. The lowest BCUT2D eigenvalue weighted by Crippen LogP contribution is -2.47. The highest BCUT2D eigenvalue weighted by Crippen LogP contribution is 2.34. The van der Waals surface area contributed by atoms with Crippen LogP contribution in [0.15, 0.2) is 54.9 Å². The molecule has 3 heterocycles. The zero-order valence-electron chi connectivity index (χ0n) is 21.0. The predicted molar refractivity (Wildman–Crippen MR) is 144 cm³/mol. The van der Waals surface area contributed by atoms with E-state index in [0.29, 0.717) is 59.6 Å². The molecule has 0 bridgehead atoms. The molecule has 2 aromatic carbocycles. The third-order valence-electron chi connectivity index (χ3n) is 6.73. The summed E-state index contributed by atoms with van der Waals surface area (Å²) in [6.45, 7) is 3.08. The molecule has 5 rings (SSSR count). The first kappa shape index (κ1) is 25.0. The van der Waals surface area contributed by atoms with E-state index in [4.69, 9.17) is 10.7 Å². The smallest absolute Gasteiger partial charge is 0.255 e. The largest absolute Gasteiger partial charge is 0.382 e.